The molecular weight excluding hydrogens is 280 g/mol. The fraction of sp³-hybridized carbons (Fsp3) is 0.133. The lowest BCUT2D eigenvalue weighted by Crippen LogP contribution is -1.94. The molecule has 0 saturated carbocycles. The number of para-hydroxylation sites is 2. The molecule has 102 valence electrons. The van der Waals surface area contributed by atoms with E-state index in [1.54, 1.807) is 0 Å². The number of benzene rings is 2. The first kappa shape index (κ1) is 13.1. The van der Waals surface area contributed by atoms with Crippen molar-refractivity contribution >= 4 is 22.9 Å². The highest BCUT2D eigenvalue weighted by Crippen LogP contribution is 2.36. The van der Waals surface area contributed by atoms with Crippen LogP contribution in [0.4, 0.5) is 8.78 Å². The third kappa shape index (κ3) is 2.54. The van der Waals surface area contributed by atoms with E-state index in [9.17, 15) is 8.78 Å². The highest BCUT2D eigenvalue weighted by Gasteiger charge is 2.16. The molecule has 0 aliphatic heterocycles. The molecule has 0 spiro atoms. The van der Waals surface area contributed by atoms with Gasteiger partial charge in [0.25, 0.3) is 5.22 Å². The van der Waals surface area contributed by atoms with Crippen LogP contribution in [0.3, 0.4) is 0 Å². The highest BCUT2D eigenvalue weighted by molar-refractivity contribution is 7.99. The van der Waals surface area contributed by atoms with Crippen LogP contribution < -0.4 is 0 Å². The predicted octanol–water partition coefficient (Wildman–Crippen LogP) is 4.96. The number of thioether (sulfide) groups is 1. The number of fused-ring (bicyclic) bond motifs is 1. The Bertz CT molecular complexity index is 723. The minimum absolute atomic E-state index is 0.219. The summed E-state index contributed by atoms with van der Waals surface area (Å²) in [6, 6.07) is 11.0. The average Bonchev–Trinajstić information content (AvgIpc) is 2.80. The fourth-order valence-electron chi connectivity index (χ4n) is 1.95. The molecule has 1 unspecified atom stereocenters. The molecule has 1 aromatic heterocycles. The van der Waals surface area contributed by atoms with Gasteiger partial charge >= 0.3 is 0 Å². The molecule has 0 aliphatic rings. The number of hydrogen-bond donors (Lipinski definition) is 0. The van der Waals surface area contributed by atoms with Gasteiger partial charge in [0.1, 0.15) is 17.2 Å². The summed E-state index contributed by atoms with van der Waals surface area (Å²) in [6.45, 7) is 1.83. The lowest BCUT2D eigenvalue weighted by atomic mass is 10.1. The second-order valence-corrected chi connectivity index (χ2v) is 5.67. The Labute approximate surface area is 118 Å². The molecule has 5 heteroatoms. The van der Waals surface area contributed by atoms with Gasteiger partial charge < -0.3 is 4.42 Å². The summed E-state index contributed by atoms with van der Waals surface area (Å²) in [5.74, 6) is -1.13. The molecule has 0 fully saturated rings. The Balaban J connectivity index is 1.86. The van der Waals surface area contributed by atoms with Crippen LogP contribution in [-0.4, -0.2) is 4.98 Å². The van der Waals surface area contributed by atoms with E-state index in [-0.39, 0.29) is 5.25 Å². The molecule has 0 radical (unpaired) electrons. The molecule has 0 bridgehead atoms. The Morgan fingerprint density at radius 2 is 1.95 bits per heavy atom. The minimum Gasteiger partial charge on any atom is -0.431 e. The zero-order chi connectivity index (χ0) is 14.1. The van der Waals surface area contributed by atoms with Gasteiger partial charge in [-0.1, -0.05) is 30.0 Å². The van der Waals surface area contributed by atoms with E-state index in [2.05, 4.69) is 4.98 Å². The van der Waals surface area contributed by atoms with E-state index in [4.69, 9.17) is 4.42 Å². The molecule has 1 heterocycles. The average molecular weight is 291 g/mol. The SMILES string of the molecule is CC(Sc1nc2ccccc2o1)c1ccc(F)cc1F. The Morgan fingerprint density at radius 1 is 1.15 bits per heavy atom. The second kappa shape index (κ2) is 5.25. The quantitative estimate of drug-likeness (QED) is 0.638. The van der Waals surface area contributed by atoms with Crippen LogP contribution in [0, 0.1) is 11.6 Å². The normalized spacial score (nSPS) is 12.8. The van der Waals surface area contributed by atoms with E-state index >= 15 is 0 Å². The second-order valence-electron chi connectivity index (χ2n) is 4.37. The van der Waals surface area contributed by atoms with Gasteiger partial charge in [-0.15, -0.1) is 0 Å². The number of hydrogen-bond acceptors (Lipinski definition) is 3. The fourth-order valence-corrected chi connectivity index (χ4v) is 2.86. The molecule has 2 nitrogen and oxygen atoms in total. The zero-order valence-electron chi connectivity index (χ0n) is 10.6. The van der Waals surface area contributed by atoms with Gasteiger partial charge in [0.05, 0.1) is 0 Å². The number of aromatic nitrogens is 1. The van der Waals surface area contributed by atoms with Crippen LogP contribution in [0.1, 0.15) is 17.7 Å². The molecule has 0 N–H and O–H groups in total. The molecule has 0 saturated heterocycles. The van der Waals surface area contributed by atoms with Crippen molar-refractivity contribution in [3.05, 3.63) is 59.7 Å². The molecular formula is C15H11F2NOS. The summed E-state index contributed by atoms with van der Waals surface area (Å²) in [7, 11) is 0. The predicted molar refractivity (Wildman–Crippen MR) is 74.6 cm³/mol. The van der Waals surface area contributed by atoms with Crippen molar-refractivity contribution in [1.29, 1.82) is 0 Å². The minimum atomic E-state index is -0.578. The van der Waals surface area contributed by atoms with Crippen molar-refractivity contribution in [3.63, 3.8) is 0 Å². The van der Waals surface area contributed by atoms with E-state index in [0.717, 1.165) is 11.6 Å². The third-order valence-electron chi connectivity index (χ3n) is 2.95. The van der Waals surface area contributed by atoms with Crippen LogP contribution >= 0.6 is 11.8 Å². The van der Waals surface area contributed by atoms with Gasteiger partial charge in [-0.25, -0.2) is 13.8 Å². The van der Waals surface area contributed by atoms with Crippen molar-refractivity contribution in [2.75, 3.05) is 0 Å². The summed E-state index contributed by atoms with van der Waals surface area (Å²) in [5, 5.41) is 0.256. The highest BCUT2D eigenvalue weighted by atomic mass is 32.2. The summed E-state index contributed by atoms with van der Waals surface area (Å²) in [6.07, 6.45) is 0. The molecule has 0 aliphatic carbocycles. The van der Waals surface area contributed by atoms with Crippen LogP contribution in [0.5, 0.6) is 0 Å². The molecule has 20 heavy (non-hydrogen) atoms. The maximum Gasteiger partial charge on any atom is 0.257 e. The Kier molecular flexibility index (Phi) is 3.44. The molecule has 0 amide bonds. The summed E-state index contributed by atoms with van der Waals surface area (Å²) >= 11 is 1.30. The summed E-state index contributed by atoms with van der Waals surface area (Å²) in [4.78, 5) is 4.33. The smallest absolute Gasteiger partial charge is 0.257 e. The number of rotatable bonds is 3. The summed E-state index contributed by atoms with van der Waals surface area (Å²) < 4.78 is 32.2. The maximum atomic E-state index is 13.7. The van der Waals surface area contributed by atoms with E-state index in [1.165, 1.54) is 23.9 Å². The number of nitrogens with zero attached hydrogens (tertiary/aromatic N) is 1. The van der Waals surface area contributed by atoms with E-state index < -0.39 is 11.6 Å². The van der Waals surface area contributed by atoms with Crippen molar-refractivity contribution in [3.8, 4) is 0 Å². The first-order chi connectivity index (χ1) is 9.63. The monoisotopic (exact) mass is 291 g/mol. The van der Waals surface area contributed by atoms with Gasteiger partial charge in [-0.05, 0) is 25.1 Å². The zero-order valence-corrected chi connectivity index (χ0v) is 11.5. The topological polar surface area (TPSA) is 26.0 Å². The van der Waals surface area contributed by atoms with Gasteiger partial charge in [0.2, 0.25) is 0 Å². The van der Waals surface area contributed by atoms with Crippen LogP contribution in [-0.2, 0) is 0 Å². The standard InChI is InChI=1S/C15H11F2NOS/c1-9(11-7-6-10(16)8-12(11)17)20-15-18-13-4-2-3-5-14(13)19-15/h2-9H,1H3. The first-order valence-corrected chi connectivity index (χ1v) is 6.98. The third-order valence-corrected chi connectivity index (χ3v) is 3.94. The van der Waals surface area contributed by atoms with Crippen molar-refractivity contribution in [2.24, 2.45) is 0 Å². The van der Waals surface area contributed by atoms with Gasteiger partial charge in [-0.3, -0.25) is 0 Å². The Morgan fingerprint density at radius 3 is 2.70 bits per heavy atom. The molecule has 3 rings (SSSR count). The van der Waals surface area contributed by atoms with Gasteiger partial charge in [0, 0.05) is 16.9 Å². The number of halogens is 2. The van der Waals surface area contributed by atoms with Crippen molar-refractivity contribution < 1.29 is 13.2 Å². The molecule has 1 atom stereocenters. The van der Waals surface area contributed by atoms with Crippen LogP contribution in [0.25, 0.3) is 11.1 Å². The number of oxazole rings is 1. The molecule has 3 aromatic rings. The van der Waals surface area contributed by atoms with Crippen LogP contribution in [0.2, 0.25) is 0 Å². The van der Waals surface area contributed by atoms with E-state index in [1.807, 2.05) is 31.2 Å². The van der Waals surface area contributed by atoms with Crippen molar-refractivity contribution in [2.45, 2.75) is 17.4 Å². The van der Waals surface area contributed by atoms with Gasteiger partial charge in [0.15, 0.2) is 5.58 Å². The molecule has 2 aromatic carbocycles. The Hall–Kier alpha value is -1.88. The summed E-state index contributed by atoms with van der Waals surface area (Å²) in [5.41, 5.74) is 1.89. The lowest BCUT2D eigenvalue weighted by molar-refractivity contribution is 0.488. The van der Waals surface area contributed by atoms with Crippen molar-refractivity contribution in [1.82, 2.24) is 4.98 Å². The largest absolute Gasteiger partial charge is 0.431 e. The van der Waals surface area contributed by atoms with Crippen LogP contribution in [0.15, 0.2) is 52.1 Å². The van der Waals surface area contributed by atoms with E-state index in [0.29, 0.717) is 16.4 Å². The first-order valence-electron chi connectivity index (χ1n) is 6.10. The lowest BCUT2D eigenvalue weighted by Gasteiger charge is -2.09. The van der Waals surface area contributed by atoms with Gasteiger partial charge in [-0.2, -0.15) is 0 Å². The maximum absolute atomic E-state index is 13.7.